The van der Waals surface area contributed by atoms with Crippen molar-refractivity contribution in [2.45, 2.75) is 25.8 Å². The summed E-state index contributed by atoms with van der Waals surface area (Å²) in [6.45, 7) is 10.3. The summed E-state index contributed by atoms with van der Waals surface area (Å²) in [4.78, 5) is 19.1. The number of nitrogens with zero attached hydrogens (tertiary/aromatic N) is 3. The van der Waals surface area contributed by atoms with E-state index < -0.39 is 0 Å². The molecule has 0 aliphatic carbocycles. The molecular weight excluding hydrogens is 240 g/mol. The van der Waals surface area contributed by atoms with E-state index in [1.165, 1.54) is 12.8 Å². The molecule has 1 unspecified atom stereocenters. The van der Waals surface area contributed by atoms with Crippen LogP contribution in [-0.2, 0) is 0 Å². The Morgan fingerprint density at radius 3 is 2.37 bits per heavy atom. The Morgan fingerprint density at radius 1 is 1.05 bits per heavy atom. The van der Waals surface area contributed by atoms with Crippen molar-refractivity contribution in [1.29, 1.82) is 0 Å². The topological polar surface area (TPSA) is 38.8 Å². The van der Waals surface area contributed by atoms with Gasteiger partial charge in [-0.05, 0) is 18.8 Å². The third-order valence-electron chi connectivity index (χ3n) is 4.79. The van der Waals surface area contributed by atoms with E-state index in [9.17, 15) is 4.79 Å². The maximum Gasteiger partial charge on any atom is 0.320 e. The Hall–Kier alpha value is -0.810. The zero-order chi connectivity index (χ0) is 13.2. The molecule has 0 aromatic heterocycles. The van der Waals surface area contributed by atoms with Crippen LogP contribution in [0, 0.1) is 5.92 Å². The summed E-state index contributed by atoms with van der Waals surface area (Å²) < 4.78 is 0. The molecule has 3 saturated heterocycles. The fraction of sp³-hybridized carbons (Fsp3) is 0.929. The molecule has 5 heteroatoms. The molecule has 0 bridgehead atoms. The lowest BCUT2D eigenvalue weighted by Gasteiger charge is -2.44. The normalized spacial score (nSPS) is 30.3. The van der Waals surface area contributed by atoms with E-state index in [0.29, 0.717) is 12.0 Å². The van der Waals surface area contributed by atoms with Gasteiger partial charge in [-0.25, -0.2) is 4.79 Å². The molecule has 3 heterocycles. The number of amides is 2. The lowest BCUT2D eigenvalue weighted by atomic mass is 10.0. The quantitative estimate of drug-likeness (QED) is 0.748. The Morgan fingerprint density at radius 2 is 1.79 bits per heavy atom. The van der Waals surface area contributed by atoms with Crippen LogP contribution in [0.1, 0.15) is 19.8 Å². The fourth-order valence-electron chi connectivity index (χ4n) is 3.37. The highest BCUT2D eigenvalue weighted by atomic mass is 16.2. The van der Waals surface area contributed by atoms with Gasteiger partial charge in [0.15, 0.2) is 0 Å². The minimum atomic E-state index is 0.276. The van der Waals surface area contributed by atoms with Crippen molar-refractivity contribution in [1.82, 2.24) is 20.0 Å². The van der Waals surface area contributed by atoms with Crippen LogP contribution in [0.5, 0.6) is 0 Å². The molecule has 3 aliphatic heterocycles. The van der Waals surface area contributed by atoms with Crippen molar-refractivity contribution < 1.29 is 4.79 Å². The number of piperazine rings is 1. The first-order valence-corrected chi connectivity index (χ1v) is 7.72. The second-order valence-electron chi connectivity index (χ2n) is 6.31. The maximum absolute atomic E-state index is 12.5. The van der Waals surface area contributed by atoms with Crippen molar-refractivity contribution in [3.8, 4) is 0 Å². The van der Waals surface area contributed by atoms with E-state index >= 15 is 0 Å². The largest absolute Gasteiger partial charge is 0.324 e. The van der Waals surface area contributed by atoms with E-state index in [1.54, 1.807) is 0 Å². The summed E-state index contributed by atoms with van der Waals surface area (Å²) in [6.07, 6.45) is 2.44. The third kappa shape index (κ3) is 2.87. The smallest absolute Gasteiger partial charge is 0.320 e. The zero-order valence-electron chi connectivity index (χ0n) is 12.0. The summed E-state index contributed by atoms with van der Waals surface area (Å²) in [7, 11) is 0. The first-order valence-electron chi connectivity index (χ1n) is 7.72. The Kier molecular flexibility index (Phi) is 3.93. The third-order valence-corrected chi connectivity index (χ3v) is 4.79. The molecule has 0 saturated carbocycles. The van der Waals surface area contributed by atoms with Crippen LogP contribution in [0.25, 0.3) is 0 Å². The highest BCUT2D eigenvalue weighted by molar-refractivity contribution is 5.74. The highest BCUT2D eigenvalue weighted by Crippen LogP contribution is 2.18. The molecule has 0 aromatic rings. The molecule has 108 valence electrons. The highest BCUT2D eigenvalue weighted by Gasteiger charge is 2.31. The number of nitrogens with one attached hydrogen (secondary N) is 1. The SMILES string of the molecule is CC1CCCN(C(=O)N2CCN(C3CNC3)CC2)C1. The van der Waals surface area contributed by atoms with Crippen molar-refractivity contribution in [3.63, 3.8) is 0 Å². The standard InChI is InChI=1S/C14H26N4O/c1-12-3-2-4-18(11-12)14(19)17-7-5-16(6-8-17)13-9-15-10-13/h12-13,15H,2-11H2,1H3. The molecule has 3 fully saturated rings. The maximum atomic E-state index is 12.5. The van der Waals surface area contributed by atoms with Crippen molar-refractivity contribution in [2.75, 3.05) is 52.4 Å². The van der Waals surface area contributed by atoms with Crippen molar-refractivity contribution in [2.24, 2.45) is 5.92 Å². The number of likely N-dealkylation sites (tertiary alicyclic amines) is 1. The van der Waals surface area contributed by atoms with Crippen LogP contribution in [0.3, 0.4) is 0 Å². The second-order valence-corrected chi connectivity index (χ2v) is 6.31. The Bertz CT molecular complexity index is 323. The average molecular weight is 266 g/mol. The summed E-state index contributed by atoms with van der Waals surface area (Å²) in [5, 5.41) is 3.32. The number of carbonyl (C=O) groups is 1. The molecule has 0 aromatic carbocycles. The minimum Gasteiger partial charge on any atom is -0.324 e. The van der Waals surface area contributed by atoms with Gasteiger partial charge in [-0.2, -0.15) is 0 Å². The van der Waals surface area contributed by atoms with Crippen LogP contribution in [0.4, 0.5) is 4.79 Å². The van der Waals surface area contributed by atoms with Gasteiger partial charge in [0.1, 0.15) is 0 Å². The van der Waals surface area contributed by atoms with E-state index in [1.807, 2.05) is 0 Å². The molecule has 19 heavy (non-hydrogen) atoms. The van der Waals surface area contributed by atoms with Gasteiger partial charge < -0.3 is 15.1 Å². The number of carbonyl (C=O) groups excluding carboxylic acids is 1. The molecule has 3 rings (SSSR count). The van der Waals surface area contributed by atoms with Crippen LogP contribution < -0.4 is 5.32 Å². The molecule has 5 nitrogen and oxygen atoms in total. The van der Waals surface area contributed by atoms with Crippen LogP contribution >= 0.6 is 0 Å². The number of hydrogen-bond acceptors (Lipinski definition) is 3. The predicted molar refractivity (Wildman–Crippen MR) is 75.2 cm³/mol. The summed E-state index contributed by atoms with van der Waals surface area (Å²) in [5.74, 6) is 0.667. The molecule has 1 N–H and O–H groups in total. The minimum absolute atomic E-state index is 0.276. The van der Waals surface area contributed by atoms with E-state index in [2.05, 4.69) is 26.9 Å². The molecule has 0 spiro atoms. The average Bonchev–Trinajstić information content (AvgIpc) is 2.37. The van der Waals surface area contributed by atoms with Crippen molar-refractivity contribution in [3.05, 3.63) is 0 Å². The van der Waals surface area contributed by atoms with Gasteiger partial charge in [-0.3, -0.25) is 4.90 Å². The van der Waals surface area contributed by atoms with Crippen LogP contribution in [-0.4, -0.2) is 79.1 Å². The molecular formula is C14H26N4O. The number of hydrogen-bond donors (Lipinski definition) is 1. The number of piperidine rings is 1. The summed E-state index contributed by atoms with van der Waals surface area (Å²) in [5.41, 5.74) is 0. The molecule has 0 radical (unpaired) electrons. The number of rotatable bonds is 1. The van der Waals surface area contributed by atoms with Gasteiger partial charge in [0.2, 0.25) is 0 Å². The second kappa shape index (κ2) is 5.67. The van der Waals surface area contributed by atoms with Gasteiger partial charge in [-0.1, -0.05) is 6.92 Å². The van der Waals surface area contributed by atoms with E-state index in [4.69, 9.17) is 0 Å². The monoisotopic (exact) mass is 266 g/mol. The Labute approximate surface area is 115 Å². The zero-order valence-corrected chi connectivity index (χ0v) is 12.0. The Balaban J connectivity index is 1.48. The van der Waals surface area contributed by atoms with Gasteiger partial charge in [0, 0.05) is 58.4 Å². The van der Waals surface area contributed by atoms with Crippen LogP contribution in [0.2, 0.25) is 0 Å². The summed E-state index contributed by atoms with van der Waals surface area (Å²) in [6, 6.07) is 0.991. The van der Waals surface area contributed by atoms with Crippen molar-refractivity contribution >= 4 is 6.03 Å². The lowest BCUT2D eigenvalue weighted by Crippen LogP contribution is -2.63. The van der Waals surface area contributed by atoms with E-state index in [0.717, 1.165) is 52.4 Å². The first-order chi connectivity index (χ1) is 9.24. The van der Waals surface area contributed by atoms with Crippen LogP contribution in [0.15, 0.2) is 0 Å². The van der Waals surface area contributed by atoms with E-state index in [-0.39, 0.29) is 6.03 Å². The van der Waals surface area contributed by atoms with Gasteiger partial charge in [0.25, 0.3) is 0 Å². The molecule has 2 amide bonds. The summed E-state index contributed by atoms with van der Waals surface area (Å²) >= 11 is 0. The molecule has 3 aliphatic rings. The number of urea groups is 1. The lowest BCUT2D eigenvalue weighted by molar-refractivity contribution is 0.0678. The van der Waals surface area contributed by atoms with Gasteiger partial charge >= 0.3 is 6.03 Å². The first kappa shape index (κ1) is 13.2. The van der Waals surface area contributed by atoms with Gasteiger partial charge in [-0.15, -0.1) is 0 Å². The predicted octanol–water partition coefficient (Wildman–Crippen LogP) is 0.428. The fourth-order valence-corrected chi connectivity index (χ4v) is 3.37. The molecule has 1 atom stereocenters. The van der Waals surface area contributed by atoms with Gasteiger partial charge in [0.05, 0.1) is 0 Å².